The van der Waals surface area contributed by atoms with E-state index in [1.54, 1.807) is 0 Å². The summed E-state index contributed by atoms with van der Waals surface area (Å²) >= 11 is 1.83. The lowest BCUT2D eigenvalue weighted by Crippen LogP contribution is -2.39. The van der Waals surface area contributed by atoms with Crippen molar-refractivity contribution >= 4 is 11.3 Å². The van der Waals surface area contributed by atoms with Crippen LogP contribution in [0.15, 0.2) is 16.7 Å². The Hall–Kier alpha value is -1.24. The van der Waals surface area contributed by atoms with Gasteiger partial charge in [0.15, 0.2) is 5.82 Å². The molecule has 2 aromatic rings. The molecular weight excluding hydrogens is 262 g/mol. The summed E-state index contributed by atoms with van der Waals surface area (Å²) in [7, 11) is 0. The Morgan fingerprint density at radius 2 is 2.32 bits per heavy atom. The lowest BCUT2D eigenvalue weighted by atomic mass is 10.2. The predicted octanol–water partition coefficient (Wildman–Crippen LogP) is 2.32. The monoisotopic (exact) mass is 279 g/mol. The molecule has 5 nitrogen and oxygen atoms in total. The highest BCUT2D eigenvalue weighted by Gasteiger charge is 2.29. The summed E-state index contributed by atoms with van der Waals surface area (Å²) < 4.78 is 10.9. The maximum absolute atomic E-state index is 5.55. The van der Waals surface area contributed by atoms with E-state index in [1.807, 2.05) is 18.3 Å². The van der Waals surface area contributed by atoms with Crippen molar-refractivity contribution in [3.8, 4) is 0 Å². The van der Waals surface area contributed by atoms with E-state index in [0.29, 0.717) is 18.3 Å². The van der Waals surface area contributed by atoms with Gasteiger partial charge in [0, 0.05) is 22.8 Å². The van der Waals surface area contributed by atoms with Crippen LogP contribution in [0.5, 0.6) is 0 Å². The Labute approximate surface area is 116 Å². The Kier molecular flexibility index (Phi) is 3.63. The van der Waals surface area contributed by atoms with Crippen molar-refractivity contribution in [2.24, 2.45) is 0 Å². The fourth-order valence-corrected chi connectivity index (χ4v) is 3.19. The molecule has 2 aromatic heterocycles. The highest BCUT2D eigenvalue weighted by atomic mass is 32.1. The van der Waals surface area contributed by atoms with Gasteiger partial charge in [-0.05, 0) is 26.0 Å². The molecule has 1 atom stereocenters. The third kappa shape index (κ3) is 2.86. The Morgan fingerprint density at radius 3 is 3.00 bits per heavy atom. The molecule has 1 unspecified atom stereocenters. The predicted molar refractivity (Wildman–Crippen MR) is 72.1 cm³/mol. The number of aromatic nitrogens is 2. The maximum Gasteiger partial charge on any atom is 0.246 e. The van der Waals surface area contributed by atoms with E-state index in [-0.39, 0.29) is 6.04 Å². The lowest BCUT2D eigenvalue weighted by Gasteiger charge is -2.32. The van der Waals surface area contributed by atoms with Gasteiger partial charge in [0.25, 0.3) is 0 Å². The molecule has 102 valence electrons. The lowest BCUT2D eigenvalue weighted by molar-refractivity contribution is -0.0236. The zero-order valence-electron chi connectivity index (χ0n) is 11.1. The first-order valence-electron chi connectivity index (χ1n) is 6.39. The maximum atomic E-state index is 5.55. The van der Waals surface area contributed by atoms with E-state index in [4.69, 9.17) is 9.26 Å². The van der Waals surface area contributed by atoms with E-state index < -0.39 is 0 Å². The van der Waals surface area contributed by atoms with Gasteiger partial charge in [-0.25, -0.2) is 0 Å². The minimum atomic E-state index is 0.0670. The third-order valence-electron chi connectivity index (χ3n) is 3.22. The van der Waals surface area contributed by atoms with Gasteiger partial charge in [-0.1, -0.05) is 5.16 Å². The number of hydrogen-bond donors (Lipinski definition) is 0. The number of nitrogens with zero attached hydrogens (tertiary/aromatic N) is 3. The Balaban J connectivity index is 1.77. The number of hydrogen-bond acceptors (Lipinski definition) is 6. The summed E-state index contributed by atoms with van der Waals surface area (Å²) in [6.45, 7) is 7.15. The van der Waals surface area contributed by atoms with E-state index in [9.17, 15) is 0 Å². The van der Waals surface area contributed by atoms with Crippen molar-refractivity contribution < 1.29 is 9.26 Å². The van der Waals surface area contributed by atoms with Crippen LogP contribution in [0.2, 0.25) is 0 Å². The van der Waals surface area contributed by atoms with Crippen LogP contribution in [0.3, 0.4) is 0 Å². The Bertz CT molecular complexity index is 552. The van der Waals surface area contributed by atoms with Crippen LogP contribution < -0.4 is 0 Å². The van der Waals surface area contributed by atoms with Crippen LogP contribution >= 0.6 is 11.3 Å². The summed E-state index contributed by atoms with van der Waals surface area (Å²) in [6, 6.07) is 4.41. The average molecular weight is 279 g/mol. The Morgan fingerprint density at radius 1 is 1.42 bits per heavy atom. The molecule has 1 aliphatic rings. The number of rotatable bonds is 3. The molecule has 0 amide bonds. The molecular formula is C13H17N3O2S. The minimum absolute atomic E-state index is 0.0670. The van der Waals surface area contributed by atoms with Gasteiger partial charge in [0.2, 0.25) is 5.89 Å². The van der Waals surface area contributed by atoms with Crippen molar-refractivity contribution in [3.63, 3.8) is 0 Å². The quantitative estimate of drug-likeness (QED) is 0.863. The van der Waals surface area contributed by atoms with Crippen molar-refractivity contribution in [2.45, 2.75) is 26.4 Å². The molecule has 1 aliphatic heterocycles. The van der Waals surface area contributed by atoms with Crippen molar-refractivity contribution in [1.82, 2.24) is 15.0 Å². The van der Waals surface area contributed by atoms with Gasteiger partial charge in [0.1, 0.15) is 6.04 Å². The molecule has 0 aliphatic carbocycles. The second-order valence-electron chi connectivity index (χ2n) is 4.75. The van der Waals surface area contributed by atoms with Crippen LogP contribution in [0.1, 0.15) is 27.5 Å². The number of aryl methyl sites for hydroxylation is 2. The zero-order valence-corrected chi connectivity index (χ0v) is 11.9. The second kappa shape index (κ2) is 5.40. The number of ether oxygens (including phenoxy) is 1. The van der Waals surface area contributed by atoms with E-state index in [1.165, 1.54) is 9.75 Å². The molecule has 19 heavy (non-hydrogen) atoms. The molecule has 6 heteroatoms. The first-order valence-corrected chi connectivity index (χ1v) is 7.21. The van der Waals surface area contributed by atoms with Gasteiger partial charge in [0.05, 0.1) is 13.2 Å². The molecule has 0 spiro atoms. The smallest absolute Gasteiger partial charge is 0.246 e. The van der Waals surface area contributed by atoms with Crippen LogP contribution in [-0.4, -0.2) is 34.8 Å². The number of thiophene rings is 1. The van der Waals surface area contributed by atoms with Crippen LogP contribution in [0.25, 0.3) is 0 Å². The van der Waals surface area contributed by atoms with Crippen LogP contribution in [0, 0.1) is 13.8 Å². The molecule has 0 radical (unpaired) electrons. The highest BCUT2D eigenvalue weighted by Crippen LogP contribution is 2.26. The molecule has 0 bridgehead atoms. The molecule has 0 N–H and O–H groups in total. The standard InChI is InChI=1S/C13H17N3O2S/c1-9-3-4-11(19-9)7-16-5-6-17-8-12(16)13-14-10(2)15-18-13/h3-4,12H,5-8H2,1-2H3. The van der Waals surface area contributed by atoms with Crippen LogP contribution in [-0.2, 0) is 11.3 Å². The first kappa shape index (κ1) is 12.8. The third-order valence-corrected chi connectivity index (χ3v) is 4.21. The largest absolute Gasteiger partial charge is 0.378 e. The van der Waals surface area contributed by atoms with Gasteiger partial charge < -0.3 is 9.26 Å². The summed E-state index contributed by atoms with van der Waals surface area (Å²) in [6.07, 6.45) is 0. The average Bonchev–Trinajstić information content (AvgIpc) is 2.99. The zero-order chi connectivity index (χ0) is 13.2. The summed E-state index contributed by atoms with van der Waals surface area (Å²) in [5.41, 5.74) is 0. The van der Waals surface area contributed by atoms with Crippen molar-refractivity contribution in [2.75, 3.05) is 19.8 Å². The molecule has 0 aromatic carbocycles. The molecule has 1 fully saturated rings. The molecule has 0 saturated carbocycles. The summed E-state index contributed by atoms with van der Waals surface area (Å²) in [5.74, 6) is 1.33. The van der Waals surface area contributed by atoms with E-state index in [0.717, 1.165) is 19.7 Å². The van der Waals surface area contributed by atoms with Gasteiger partial charge in [-0.3, -0.25) is 4.90 Å². The normalized spacial score (nSPS) is 20.8. The van der Waals surface area contributed by atoms with Crippen molar-refractivity contribution in [3.05, 3.63) is 33.6 Å². The van der Waals surface area contributed by atoms with Crippen LogP contribution in [0.4, 0.5) is 0 Å². The molecule has 1 saturated heterocycles. The molecule has 3 rings (SSSR count). The van der Waals surface area contributed by atoms with Gasteiger partial charge in [-0.15, -0.1) is 11.3 Å². The second-order valence-corrected chi connectivity index (χ2v) is 6.13. The fraction of sp³-hybridized carbons (Fsp3) is 0.538. The topological polar surface area (TPSA) is 51.4 Å². The summed E-state index contributed by atoms with van der Waals surface area (Å²) in [5, 5.41) is 3.87. The van der Waals surface area contributed by atoms with Gasteiger partial charge in [-0.2, -0.15) is 4.98 Å². The highest BCUT2D eigenvalue weighted by molar-refractivity contribution is 7.11. The van der Waals surface area contributed by atoms with E-state index in [2.05, 4.69) is 34.1 Å². The SMILES string of the molecule is Cc1noc(C2COCCN2Cc2ccc(C)s2)n1. The van der Waals surface area contributed by atoms with Crippen molar-refractivity contribution in [1.29, 1.82) is 0 Å². The molecule has 3 heterocycles. The minimum Gasteiger partial charge on any atom is -0.378 e. The number of morpholine rings is 1. The summed E-state index contributed by atoms with van der Waals surface area (Å²) in [4.78, 5) is 9.39. The first-order chi connectivity index (χ1) is 9.22. The van der Waals surface area contributed by atoms with Gasteiger partial charge >= 0.3 is 0 Å². The fourth-order valence-electron chi connectivity index (χ4n) is 2.27. The van der Waals surface area contributed by atoms with E-state index >= 15 is 0 Å².